The van der Waals surface area contributed by atoms with Crippen molar-refractivity contribution in [3.63, 3.8) is 0 Å². The van der Waals surface area contributed by atoms with Gasteiger partial charge in [0.25, 0.3) is 0 Å². The van der Waals surface area contributed by atoms with E-state index in [4.69, 9.17) is 11.5 Å². The number of nitrogens with one attached hydrogen (secondary N) is 2. The summed E-state index contributed by atoms with van der Waals surface area (Å²) in [5.41, 5.74) is 13.5. The molecule has 0 spiro atoms. The van der Waals surface area contributed by atoms with Gasteiger partial charge in [-0.05, 0) is 31.9 Å². The number of H-pyrrole nitrogens is 2. The van der Waals surface area contributed by atoms with Crippen LogP contribution in [0.5, 0.6) is 0 Å². The lowest BCUT2D eigenvalue weighted by molar-refractivity contribution is 1.20. The van der Waals surface area contributed by atoms with Gasteiger partial charge in [-0.15, -0.1) is 0 Å². The molecule has 6 N–H and O–H groups in total. The third-order valence-corrected chi connectivity index (χ3v) is 3.33. The highest BCUT2D eigenvalue weighted by Gasteiger charge is 2.04. The molecule has 0 bridgehead atoms. The van der Waals surface area contributed by atoms with E-state index in [1.807, 2.05) is 0 Å². The minimum atomic E-state index is 0.410. The summed E-state index contributed by atoms with van der Waals surface area (Å²) in [6.45, 7) is 0. The van der Waals surface area contributed by atoms with E-state index in [0.717, 1.165) is 0 Å². The highest BCUT2D eigenvalue weighted by molar-refractivity contribution is 9.10. The fourth-order valence-electron chi connectivity index (χ4n) is 1.64. The van der Waals surface area contributed by atoms with Gasteiger partial charge >= 0.3 is 0 Å². The number of aromatic amines is 2. The van der Waals surface area contributed by atoms with Crippen molar-refractivity contribution in [1.29, 1.82) is 0 Å². The molecule has 4 aromatic heterocycles. The van der Waals surface area contributed by atoms with Crippen molar-refractivity contribution < 1.29 is 0 Å². The zero-order valence-corrected chi connectivity index (χ0v) is 13.9. The Morgan fingerprint density at radius 1 is 0.727 bits per heavy atom. The standard InChI is InChI=1S/2C5H4BrN5/c2*6-5-10-2-3(7)8-1-9-4(2)11-5/h2*1H,(H3,7,8,9,10,11). The Morgan fingerprint density at radius 3 is 1.50 bits per heavy atom. The largest absolute Gasteiger partial charge is 0.382 e. The molecule has 0 saturated carbocycles. The Morgan fingerprint density at radius 2 is 1.14 bits per heavy atom. The molecule has 22 heavy (non-hydrogen) atoms. The molecule has 4 rings (SSSR count). The highest BCUT2D eigenvalue weighted by Crippen LogP contribution is 2.16. The van der Waals surface area contributed by atoms with Crippen LogP contribution >= 0.6 is 31.9 Å². The van der Waals surface area contributed by atoms with Gasteiger partial charge in [0.15, 0.2) is 32.4 Å². The van der Waals surface area contributed by atoms with E-state index in [-0.39, 0.29) is 0 Å². The predicted molar refractivity (Wildman–Crippen MR) is 87.6 cm³/mol. The molecule has 0 aromatic carbocycles. The molecule has 4 aromatic rings. The summed E-state index contributed by atoms with van der Waals surface area (Å²) < 4.78 is 1.22. The molecule has 12 heteroatoms. The van der Waals surface area contributed by atoms with E-state index in [2.05, 4.69) is 71.7 Å². The van der Waals surface area contributed by atoms with Crippen molar-refractivity contribution in [1.82, 2.24) is 39.9 Å². The predicted octanol–water partition coefficient (Wildman–Crippen LogP) is 1.40. The van der Waals surface area contributed by atoms with Gasteiger partial charge in [0.1, 0.15) is 23.7 Å². The van der Waals surface area contributed by atoms with Crippen LogP contribution in [0.4, 0.5) is 11.6 Å². The summed E-state index contributed by atoms with van der Waals surface area (Å²) in [6.07, 6.45) is 2.76. The Kier molecular flexibility index (Phi) is 3.85. The number of hydrogen-bond acceptors (Lipinski definition) is 8. The number of rotatable bonds is 0. The molecule has 0 fully saturated rings. The number of fused-ring (bicyclic) bond motifs is 2. The monoisotopic (exact) mass is 426 g/mol. The number of hydrogen-bond donors (Lipinski definition) is 4. The SMILES string of the molecule is Nc1ncnc2nc(Br)[nH]c12.Nc1ncnc2nc(Br)[nH]c12. The molecule has 0 aliphatic rings. The molecule has 0 aliphatic carbocycles. The first-order chi connectivity index (χ1) is 10.5. The van der Waals surface area contributed by atoms with Gasteiger partial charge in [-0.1, -0.05) is 0 Å². The number of nitrogen functional groups attached to an aromatic ring is 2. The normalized spacial score (nSPS) is 10.6. The summed E-state index contributed by atoms with van der Waals surface area (Å²) in [6, 6.07) is 0. The molecular weight excluding hydrogens is 420 g/mol. The highest BCUT2D eigenvalue weighted by atomic mass is 79.9. The number of halogens is 2. The molecule has 0 radical (unpaired) electrons. The number of imidazole rings is 2. The van der Waals surface area contributed by atoms with Crippen molar-refractivity contribution in [2.24, 2.45) is 0 Å². The maximum atomic E-state index is 5.53. The average molecular weight is 428 g/mol. The van der Waals surface area contributed by atoms with Crippen molar-refractivity contribution in [2.75, 3.05) is 11.5 Å². The van der Waals surface area contributed by atoms with Crippen LogP contribution in [0.3, 0.4) is 0 Å². The van der Waals surface area contributed by atoms with Gasteiger partial charge in [0, 0.05) is 0 Å². The molecule has 0 saturated heterocycles. The van der Waals surface area contributed by atoms with Crippen LogP contribution in [-0.4, -0.2) is 39.9 Å². The van der Waals surface area contributed by atoms with Crippen LogP contribution < -0.4 is 11.5 Å². The van der Waals surface area contributed by atoms with E-state index >= 15 is 0 Å². The topological polar surface area (TPSA) is 161 Å². The Labute approximate surface area is 139 Å². The number of aromatic nitrogens is 8. The summed E-state index contributed by atoms with van der Waals surface area (Å²) in [5, 5.41) is 0. The van der Waals surface area contributed by atoms with E-state index < -0.39 is 0 Å². The lowest BCUT2D eigenvalue weighted by atomic mass is 10.5. The first-order valence-electron chi connectivity index (χ1n) is 5.78. The Bertz CT molecular complexity index is 867. The van der Waals surface area contributed by atoms with E-state index in [0.29, 0.717) is 43.4 Å². The zero-order valence-electron chi connectivity index (χ0n) is 10.7. The van der Waals surface area contributed by atoms with Gasteiger partial charge in [0.05, 0.1) is 0 Å². The van der Waals surface area contributed by atoms with Crippen molar-refractivity contribution >= 4 is 65.8 Å². The van der Waals surface area contributed by atoms with Crippen LogP contribution in [0, 0.1) is 0 Å². The maximum Gasteiger partial charge on any atom is 0.183 e. The van der Waals surface area contributed by atoms with Gasteiger partial charge < -0.3 is 21.4 Å². The smallest absolute Gasteiger partial charge is 0.183 e. The molecule has 0 aliphatic heterocycles. The molecule has 4 heterocycles. The minimum Gasteiger partial charge on any atom is -0.382 e. The number of nitrogens with zero attached hydrogens (tertiary/aromatic N) is 6. The molecule has 0 amide bonds. The minimum absolute atomic E-state index is 0.410. The fraction of sp³-hybridized carbons (Fsp3) is 0. The molecular formula is C10H8Br2N10. The number of nitrogens with two attached hydrogens (primary N) is 2. The van der Waals surface area contributed by atoms with Gasteiger partial charge in [-0.3, -0.25) is 0 Å². The van der Waals surface area contributed by atoms with E-state index in [1.165, 1.54) is 12.7 Å². The van der Waals surface area contributed by atoms with Crippen molar-refractivity contribution in [3.05, 3.63) is 22.1 Å². The average Bonchev–Trinajstić information content (AvgIpc) is 3.03. The lowest BCUT2D eigenvalue weighted by Crippen LogP contribution is -1.91. The van der Waals surface area contributed by atoms with Crippen LogP contribution in [0.1, 0.15) is 0 Å². The maximum absolute atomic E-state index is 5.53. The van der Waals surface area contributed by atoms with Gasteiger partial charge in [-0.25, -0.2) is 29.9 Å². The van der Waals surface area contributed by atoms with Crippen LogP contribution in [0.25, 0.3) is 22.3 Å². The van der Waals surface area contributed by atoms with Gasteiger partial charge in [0.2, 0.25) is 0 Å². The summed E-state index contributed by atoms with van der Waals surface area (Å²) in [7, 11) is 0. The second kappa shape index (κ2) is 5.81. The Balaban J connectivity index is 0.000000131. The van der Waals surface area contributed by atoms with Crippen LogP contribution in [0.15, 0.2) is 22.1 Å². The molecule has 112 valence electrons. The third-order valence-electron chi connectivity index (χ3n) is 2.58. The van der Waals surface area contributed by atoms with E-state index in [9.17, 15) is 0 Å². The first-order valence-corrected chi connectivity index (χ1v) is 7.36. The molecule has 10 nitrogen and oxygen atoms in total. The van der Waals surface area contributed by atoms with Crippen molar-refractivity contribution in [3.8, 4) is 0 Å². The fourth-order valence-corrected chi connectivity index (χ4v) is 2.37. The quantitative estimate of drug-likeness (QED) is 0.306. The summed E-state index contributed by atoms with van der Waals surface area (Å²) in [4.78, 5) is 29.2. The molecule has 0 unspecified atom stereocenters. The summed E-state index contributed by atoms with van der Waals surface area (Å²) >= 11 is 6.34. The van der Waals surface area contributed by atoms with Gasteiger partial charge in [-0.2, -0.15) is 0 Å². The second-order valence-electron chi connectivity index (χ2n) is 3.97. The lowest BCUT2D eigenvalue weighted by Gasteiger charge is -1.89. The van der Waals surface area contributed by atoms with Crippen LogP contribution in [0.2, 0.25) is 0 Å². The van der Waals surface area contributed by atoms with Crippen molar-refractivity contribution in [2.45, 2.75) is 0 Å². The number of anilines is 2. The van der Waals surface area contributed by atoms with Crippen LogP contribution in [-0.2, 0) is 0 Å². The second-order valence-corrected chi connectivity index (χ2v) is 5.47. The van der Waals surface area contributed by atoms with E-state index in [1.54, 1.807) is 0 Å². The zero-order chi connectivity index (χ0) is 15.7. The summed E-state index contributed by atoms with van der Waals surface area (Å²) in [5.74, 6) is 0.821. The molecule has 0 atom stereocenters. The Hall–Kier alpha value is -2.34. The first kappa shape index (κ1) is 14.6. The third kappa shape index (κ3) is 2.82.